The first kappa shape index (κ1) is 22.5. The summed E-state index contributed by atoms with van der Waals surface area (Å²) in [6.07, 6.45) is 2.18. The Morgan fingerprint density at radius 3 is 2.53 bits per heavy atom. The number of piperidine rings is 1. The van der Waals surface area contributed by atoms with Gasteiger partial charge < -0.3 is 15.2 Å². The van der Waals surface area contributed by atoms with E-state index in [1.54, 1.807) is 0 Å². The van der Waals surface area contributed by atoms with Gasteiger partial charge in [0.1, 0.15) is 0 Å². The van der Waals surface area contributed by atoms with Crippen LogP contribution < -0.4 is 5.32 Å². The highest BCUT2D eigenvalue weighted by molar-refractivity contribution is 5.92. The number of aromatic amines is 1. The van der Waals surface area contributed by atoms with Gasteiger partial charge in [-0.2, -0.15) is 0 Å². The normalized spacial score (nSPS) is 17.8. The molecule has 5 heteroatoms. The highest BCUT2D eigenvalue weighted by atomic mass is 16.2. The second-order valence-corrected chi connectivity index (χ2v) is 9.65. The number of pyridine rings is 1. The van der Waals surface area contributed by atoms with Crippen molar-refractivity contribution >= 4 is 16.8 Å². The number of fused-ring (bicyclic) bond motifs is 1. The summed E-state index contributed by atoms with van der Waals surface area (Å²) in [7, 11) is 1.85. The fraction of sp³-hybridized carbons (Fsp3) is 0.481. The number of nitrogens with zero attached hydrogens (tertiary/aromatic N) is 2. The third kappa shape index (κ3) is 4.31. The number of carbonyl (C=O) groups is 1. The Morgan fingerprint density at radius 1 is 1.16 bits per heavy atom. The van der Waals surface area contributed by atoms with Crippen LogP contribution in [0.1, 0.15) is 68.0 Å². The molecule has 0 aliphatic carbocycles. The second kappa shape index (κ2) is 9.07. The number of likely N-dealkylation sites (N-methyl/N-ethyl adjacent to an activating group) is 1. The first-order chi connectivity index (χ1) is 15.3. The van der Waals surface area contributed by atoms with Crippen molar-refractivity contribution in [3.05, 3.63) is 52.8 Å². The van der Waals surface area contributed by atoms with Crippen molar-refractivity contribution < 1.29 is 4.79 Å². The molecule has 2 unspecified atom stereocenters. The summed E-state index contributed by atoms with van der Waals surface area (Å²) in [5, 5.41) is 4.38. The fourth-order valence-corrected chi connectivity index (χ4v) is 5.14. The van der Waals surface area contributed by atoms with Crippen LogP contribution in [0.3, 0.4) is 0 Å². The monoisotopic (exact) mass is 432 g/mol. The minimum Gasteiger partial charge on any atom is -0.354 e. The lowest BCUT2D eigenvalue weighted by Crippen LogP contribution is -2.47. The van der Waals surface area contributed by atoms with Crippen LogP contribution in [0.15, 0.2) is 30.3 Å². The average molecular weight is 433 g/mol. The summed E-state index contributed by atoms with van der Waals surface area (Å²) < 4.78 is 0. The highest BCUT2D eigenvalue weighted by Crippen LogP contribution is 2.38. The molecule has 32 heavy (non-hydrogen) atoms. The number of hydrogen-bond donors (Lipinski definition) is 2. The molecule has 2 atom stereocenters. The molecule has 1 aromatic carbocycles. The van der Waals surface area contributed by atoms with Crippen molar-refractivity contribution in [2.75, 3.05) is 20.1 Å². The molecule has 0 saturated carbocycles. The predicted molar refractivity (Wildman–Crippen MR) is 132 cm³/mol. The van der Waals surface area contributed by atoms with Gasteiger partial charge in [-0.25, -0.2) is 0 Å². The molecule has 1 saturated heterocycles. The van der Waals surface area contributed by atoms with Crippen LogP contribution >= 0.6 is 0 Å². The van der Waals surface area contributed by atoms with Gasteiger partial charge in [0, 0.05) is 46.9 Å². The number of aromatic nitrogens is 2. The number of aryl methyl sites for hydroxylation is 2. The van der Waals surface area contributed by atoms with E-state index in [0.717, 1.165) is 37.3 Å². The predicted octanol–water partition coefficient (Wildman–Crippen LogP) is 5.28. The second-order valence-electron chi connectivity index (χ2n) is 9.65. The molecular formula is C27H36N4O. The van der Waals surface area contributed by atoms with E-state index in [1.165, 1.54) is 33.3 Å². The molecule has 3 aromatic rings. The Morgan fingerprint density at radius 2 is 1.88 bits per heavy atom. The van der Waals surface area contributed by atoms with Crippen LogP contribution in [0.2, 0.25) is 0 Å². The van der Waals surface area contributed by atoms with Crippen LogP contribution in [-0.2, 0) is 4.79 Å². The Bertz CT molecular complexity index is 1110. The van der Waals surface area contributed by atoms with Crippen molar-refractivity contribution in [2.24, 2.45) is 0 Å². The van der Waals surface area contributed by atoms with Crippen molar-refractivity contribution in [1.29, 1.82) is 0 Å². The molecule has 0 radical (unpaired) electrons. The number of benzene rings is 1. The van der Waals surface area contributed by atoms with Crippen LogP contribution in [0, 0.1) is 13.8 Å². The van der Waals surface area contributed by atoms with E-state index in [4.69, 9.17) is 0 Å². The number of amides is 1. The molecule has 1 aliphatic rings. The van der Waals surface area contributed by atoms with E-state index in [0.29, 0.717) is 11.8 Å². The minimum absolute atomic E-state index is 0.136. The zero-order valence-corrected chi connectivity index (χ0v) is 20.2. The van der Waals surface area contributed by atoms with Crippen LogP contribution in [0.4, 0.5) is 0 Å². The minimum atomic E-state index is -0.136. The van der Waals surface area contributed by atoms with E-state index >= 15 is 0 Å². The third-order valence-corrected chi connectivity index (χ3v) is 6.82. The summed E-state index contributed by atoms with van der Waals surface area (Å²) in [5.74, 6) is 0.974. The molecule has 170 valence electrons. The number of nitrogens with one attached hydrogen (secondary N) is 2. The molecule has 0 spiro atoms. The molecule has 1 fully saturated rings. The van der Waals surface area contributed by atoms with Gasteiger partial charge in [-0.05, 0) is 82.0 Å². The van der Waals surface area contributed by atoms with Gasteiger partial charge in [0.25, 0.3) is 0 Å². The topological polar surface area (TPSA) is 61.0 Å². The molecule has 2 N–H and O–H groups in total. The van der Waals surface area contributed by atoms with Crippen LogP contribution in [-0.4, -0.2) is 47.0 Å². The van der Waals surface area contributed by atoms with E-state index < -0.39 is 0 Å². The Labute approximate surface area is 191 Å². The SMILES string of the molecule is CNC(C)C(=O)N1CCCC(c2ccc3[nH]c(-c4cc(C)nc(C)c4)c(C(C)C)c3c2)C1. The molecule has 3 heterocycles. The maximum atomic E-state index is 12.7. The average Bonchev–Trinajstić information content (AvgIpc) is 3.16. The number of likely N-dealkylation sites (tertiary alicyclic amines) is 1. The number of hydrogen-bond acceptors (Lipinski definition) is 3. The molecule has 1 amide bonds. The largest absolute Gasteiger partial charge is 0.354 e. The van der Waals surface area contributed by atoms with Gasteiger partial charge in [-0.15, -0.1) is 0 Å². The van der Waals surface area contributed by atoms with Crippen molar-refractivity contribution in [1.82, 2.24) is 20.2 Å². The standard InChI is InChI=1S/C27H36N4O/c1-16(2)25-23-14-20(21-8-7-11-31(15-21)27(32)19(5)28-6)9-10-24(23)30-26(25)22-12-17(3)29-18(4)13-22/h9-10,12-14,16,19,21,28,30H,7-8,11,15H2,1-6H3. The van der Waals surface area contributed by atoms with E-state index in [9.17, 15) is 4.79 Å². The van der Waals surface area contributed by atoms with Gasteiger partial charge >= 0.3 is 0 Å². The van der Waals surface area contributed by atoms with Gasteiger partial charge in [-0.3, -0.25) is 9.78 Å². The van der Waals surface area contributed by atoms with Gasteiger partial charge in [-0.1, -0.05) is 19.9 Å². The number of rotatable bonds is 5. The smallest absolute Gasteiger partial charge is 0.239 e. The van der Waals surface area contributed by atoms with Crippen LogP contribution in [0.25, 0.3) is 22.2 Å². The van der Waals surface area contributed by atoms with Gasteiger partial charge in [0.2, 0.25) is 5.91 Å². The molecule has 1 aliphatic heterocycles. The molecule has 0 bridgehead atoms. The third-order valence-electron chi connectivity index (χ3n) is 6.82. The van der Waals surface area contributed by atoms with Crippen molar-refractivity contribution in [3.63, 3.8) is 0 Å². The molecule has 4 rings (SSSR count). The fourth-order valence-electron chi connectivity index (χ4n) is 5.14. The lowest BCUT2D eigenvalue weighted by atomic mass is 9.88. The van der Waals surface area contributed by atoms with E-state index in [2.05, 4.69) is 73.3 Å². The zero-order valence-electron chi connectivity index (χ0n) is 20.2. The Hall–Kier alpha value is -2.66. The first-order valence-corrected chi connectivity index (χ1v) is 11.9. The number of carbonyl (C=O) groups excluding carboxylic acids is 1. The molecule has 2 aromatic heterocycles. The Kier molecular flexibility index (Phi) is 6.38. The maximum Gasteiger partial charge on any atom is 0.239 e. The lowest BCUT2D eigenvalue weighted by Gasteiger charge is -2.34. The summed E-state index contributed by atoms with van der Waals surface area (Å²) in [6.45, 7) is 12.2. The Balaban J connectivity index is 1.72. The zero-order chi connectivity index (χ0) is 23.0. The number of H-pyrrole nitrogens is 1. The molecule has 5 nitrogen and oxygen atoms in total. The maximum absolute atomic E-state index is 12.7. The summed E-state index contributed by atoms with van der Waals surface area (Å²) in [6, 6.07) is 11.0. The first-order valence-electron chi connectivity index (χ1n) is 11.9. The van der Waals surface area contributed by atoms with Crippen molar-refractivity contribution in [3.8, 4) is 11.3 Å². The van der Waals surface area contributed by atoms with Crippen molar-refractivity contribution in [2.45, 2.75) is 65.3 Å². The van der Waals surface area contributed by atoms with Gasteiger partial charge in [0.15, 0.2) is 0 Å². The van der Waals surface area contributed by atoms with E-state index in [-0.39, 0.29) is 11.9 Å². The lowest BCUT2D eigenvalue weighted by molar-refractivity contribution is -0.134. The summed E-state index contributed by atoms with van der Waals surface area (Å²) >= 11 is 0. The summed E-state index contributed by atoms with van der Waals surface area (Å²) in [5.41, 5.74) is 8.35. The molecular weight excluding hydrogens is 396 g/mol. The summed E-state index contributed by atoms with van der Waals surface area (Å²) in [4.78, 5) is 23.0. The quantitative estimate of drug-likeness (QED) is 0.576. The van der Waals surface area contributed by atoms with Crippen LogP contribution in [0.5, 0.6) is 0 Å². The van der Waals surface area contributed by atoms with E-state index in [1.807, 2.05) is 18.9 Å². The highest BCUT2D eigenvalue weighted by Gasteiger charge is 2.27. The van der Waals surface area contributed by atoms with Gasteiger partial charge in [0.05, 0.1) is 11.7 Å².